The third-order valence-electron chi connectivity index (χ3n) is 3.47. The average Bonchev–Trinajstić information content (AvgIpc) is 2.47. The minimum atomic E-state index is -0.347. The Balaban J connectivity index is 2.16. The SMILES string of the molecule is CC(NC(C)c1ccccc1[N+](=O)[O-])c1ccc(Cl)cc1. The van der Waals surface area contributed by atoms with Crippen LogP contribution in [0.2, 0.25) is 5.02 Å². The number of benzene rings is 2. The lowest BCUT2D eigenvalue weighted by atomic mass is 10.0. The number of halogens is 1. The number of nitrogens with zero attached hydrogens (tertiary/aromatic N) is 1. The normalized spacial score (nSPS) is 13.7. The molecule has 2 atom stereocenters. The van der Waals surface area contributed by atoms with E-state index < -0.39 is 0 Å². The Hall–Kier alpha value is -1.91. The van der Waals surface area contributed by atoms with E-state index in [9.17, 15) is 10.1 Å². The Labute approximate surface area is 128 Å². The summed E-state index contributed by atoms with van der Waals surface area (Å²) in [5.41, 5.74) is 1.91. The molecule has 0 bridgehead atoms. The number of rotatable bonds is 5. The molecule has 2 unspecified atom stereocenters. The Kier molecular flexibility index (Phi) is 4.94. The third-order valence-corrected chi connectivity index (χ3v) is 3.72. The molecule has 0 aliphatic carbocycles. The molecular formula is C16H17ClN2O2. The summed E-state index contributed by atoms with van der Waals surface area (Å²) < 4.78 is 0. The molecule has 2 rings (SSSR count). The standard InChI is InChI=1S/C16H17ClN2O2/c1-11(13-7-9-14(17)10-8-13)18-12(2)15-5-3-4-6-16(15)19(20)21/h3-12,18H,1-2H3. The second kappa shape index (κ2) is 6.70. The zero-order valence-corrected chi connectivity index (χ0v) is 12.7. The third kappa shape index (κ3) is 3.80. The molecule has 0 amide bonds. The van der Waals surface area contributed by atoms with E-state index in [2.05, 4.69) is 5.32 Å². The van der Waals surface area contributed by atoms with Crippen molar-refractivity contribution in [3.8, 4) is 0 Å². The van der Waals surface area contributed by atoms with Gasteiger partial charge in [-0.2, -0.15) is 0 Å². The largest absolute Gasteiger partial charge is 0.303 e. The fourth-order valence-electron chi connectivity index (χ4n) is 2.33. The number of hydrogen-bond acceptors (Lipinski definition) is 3. The van der Waals surface area contributed by atoms with Crippen molar-refractivity contribution in [2.24, 2.45) is 0 Å². The Morgan fingerprint density at radius 3 is 2.29 bits per heavy atom. The molecule has 2 aromatic rings. The van der Waals surface area contributed by atoms with Crippen molar-refractivity contribution >= 4 is 17.3 Å². The van der Waals surface area contributed by atoms with E-state index in [0.29, 0.717) is 10.6 Å². The van der Waals surface area contributed by atoms with Gasteiger partial charge in [-0.3, -0.25) is 10.1 Å². The van der Waals surface area contributed by atoms with E-state index in [0.717, 1.165) is 5.56 Å². The van der Waals surface area contributed by atoms with Crippen molar-refractivity contribution in [3.63, 3.8) is 0 Å². The van der Waals surface area contributed by atoms with Crippen LogP contribution in [0.1, 0.15) is 37.1 Å². The van der Waals surface area contributed by atoms with Crippen LogP contribution >= 0.6 is 11.6 Å². The quantitative estimate of drug-likeness (QED) is 0.645. The maximum absolute atomic E-state index is 11.1. The van der Waals surface area contributed by atoms with Gasteiger partial charge in [0.2, 0.25) is 0 Å². The molecule has 0 heterocycles. The lowest BCUT2D eigenvalue weighted by Gasteiger charge is -2.20. The summed E-state index contributed by atoms with van der Waals surface area (Å²) in [5, 5.41) is 15.2. The second-order valence-corrected chi connectivity index (χ2v) is 5.41. The van der Waals surface area contributed by atoms with Crippen molar-refractivity contribution in [2.45, 2.75) is 25.9 Å². The minimum absolute atomic E-state index is 0.0667. The lowest BCUT2D eigenvalue weighted by molar-refractivity contribution is -0.385. The first-order chi connectivity index (χ1) is 9.99. The van der Waals surface area contributed by atoms with Crippen molar-refractivity contribution in [3.05, 3.63) is 74.8 Å². The van der Waals surface area contributed by atoms with E-state index in [4.69, 9.17) is 11.6 Å². The first-order valence-corrected chi connectivity index (χ1v) is 7.11. The Morgan fingerprint density at radius 2 is 1.67 bits per heavy atom. The van der Waals surface area contributed by atoms with Gasteiger partial charge in [-0.05, 0) is 31.5 Å². The highest BCUT2D eigenvalue weighted by Crippen LogP contribution is 2.27. The number of para-hydroxylation sites is 1. The molecule has 110 valence electrons. The minimum Gasteiger partial charge on any atom is -0.303 e. The van der Waals surface area contributed by atoms with Crippen LogP contribution in [-0.4, -0.2) is 4.92 Å². The molecule has 1 N–H and O–H groups in total. The van der Waals surface area contributed by atoms with Crippen LogP contribution in [-0.2, 0) is 0 Å². The van der Waals surface area contributed by atoms with Crippen LogP contribution in [0, 0.1) is 10.1 Å². The Bertz CT molecular complexity index is 628. The van der Waals surface area contributed by atoms with Gasteiger partial charge in [0.25, 0.3) is 5.69 Å². The maximum atomic E-state index is 11.1. The summed E-state index contributed by atoms with van der Waals surface area (Å²) >= 11 is 5.88. The first kappa shape index (κ1) is 15.5. The van der Waals surface area contributed by atoms with Crippen molar-refractivity contribution in [1.82, 2.24) is 5.32 Å². The highest BCUT2D eigenvalue weighted by molar-refractivity contribution is 6.30. The summed E-state index contributed by atoms with van der Waals surface area (Å²) in [6.07, 6.45) is 0. The molecule has 0 radical (unpaired) electrons. The molecule has 5 heteroatoms. The van der Waals surface area contributed by atoms with Crippen LogP contribution in [0.15, 0.2) is 48.5 Å². The fourth-order valence-corrected chi connectivity index (χ4v) is 2.46. The summed E-state index contributed by atoms with van der Waals surface area (Å²) in [6.45, 7) is 3.95. The molecule has 2 aromatic carbocycles. The summed E-state index contributed by atoms with van der Waals surface area (Å²) in [5.74, 6) is 0. The average molecular weight is 305 g/mol. The van der Waals surface area contributed by atoms with Gasteiger partial charge in [0.05, 0.1) is 4.92 Å². The van der Waals surface area contributed by atoms with Crippen molar-refractivity contribution in [1.29, 1.82) is 0 Å². The van der Waals surface area contributed by atoms with Gasteiger partial charge in [-0.25, -0.2) is 0 Å². The van der Waals surface area contributed by atoms with Gasteiger partial charge in [0.1, 0.15) is 0 Å². The fraction of sp³-hybridized carbons (Fsp3) is 0.250. The van der Waals surface area contributed by atoms with Crippen molar-refractivity contribution in [2.75, 3.05) is 0 Å². The van der Waals surface area contributed by atoms with Gasteiger partial charge in [0, 0.05) is 28.7 Å². The summed E-state index contributed by atoms with van der Waals surface area (Å²) in [6, 6.07) is 14.3. The van der Waals surface area contributed by atoms with Gasteiger partial charge < -0.3 is 5.32 Å². The number of nitrogens with one attached hydrogen (secondary N) is 1. The van der Waals surface area contributed by atoms with Crippen LogP contribution in [0.5, 0.6) is 0 Å². The predicted molar refractivity (Wildman–Crippen MR) is 84.5 cm³/mol. The second-order valence-electron chi connectivity index (χ2n) is 4.98. The molecular weight excluding hydrogens is 288 g/mol. The zero-order valence-electron chi connectivity index (χ0n) is 11.9. The van der Waals surface area contributed by atoms with Crippen LogP contribution in [0.25, 0.3) is 0 Å². The van der Waals surface area contributed by atoms with Gasteiger partial charge in [-0.1, -0.05) is 41.9 Å². The molecule has 0 saturated heterocycles. The first-order valence-electron chi connectivity index (χ1n) is 6.74. The van der Waals surface area contributed by atoms with E-state index in [1.807, 2.05) is 44.2 Å². The summed E-state index contributed by atoms with van der Waals surface area (Å²) in [7, 11) is 0. The van der Waals surface area contributed by atoms with Gasteiger partial charge >= 0.3 is 0 Å². The number of nitro groups is 1. The van der Waals surface area contributed by atoms with E-state index in [1.165, 1.54) is 6.07 Å². The van der Waals surface area contributed by atoms with Crippen LogP contribution in [0.3, 0.4) is 0 Å². The lowest BCUT2D eigenvalue weighted by Crippen LogP contribution is -2.23. The Morgan fingerprint density at radius 1 is 1.05 bits per heavy atom. The number of nitro benzene ring substituents is 1. The van der Waals surface area contributed by atoms with E-state index in [1.54, 1.807) is 12.1 Å². The van der Waals surface area contributed by atoms with Gasteiger partial charge in [0.15, 0.2) is 0 Å². The highest BCUT2D eigenvalue weighted by Gasteiger charge is 2.19. The maximum Gasteiger partial charge on any atom is 0.274 e. The van der Waals surface area contributed by atoms with E-state index >= 15 is 0 Å². The monoisotopic (exact) mass is 304 g/mol. The molecule has 0 fully saturated rings. The highest BCUT2D eigenvalue weighted by atomic mass is 35.5. The number of hydrogen-bond donors (Lipinski definition) is 1. The van der Waals surface area contributed by atoms with Gasteiger partial charge in [-0.15, -0.1) is 0 Å². The topological polar surface area (TPSA) is 55.2 Å². The zero-order chi connectivity index (χ0) is 15.4. The molecule has 0 aliphatic heterocycles. The van der Waals surface area contributed by atoms with Crippen molar-refractivity contribution < 1.29 is 4.92 Å². The molecule has 21 heavy (non-hydrogen) atoms. The molecule has 0 saturated carbocycles. The molecule has 0 aromatic heterocycles. The van der Waals surface area contributed by atoms with E-state index in [-0.39, 0.29) is 22.7 Å². The predicted octanol–water partition coefficient (Wildman–Crippen LogP) is 4.66. The molecule has 0 spiro atoms. The van der Waals surface area contributed by atoms with Crippen LogP contribution in [0.4, 0.5) is 5.69 Å². The summed E-state index contributed by atoms with van der Waals surface area (Å²) in [4.78, 5) is 10.7. The molecule has 0 aliphatic rings. The van der Waals surface area contributed by atoms with Crippen LogP contribution < -0.4 is 5.32 Å². The smallest absolute Gasteiger partial charge is 0.274 e. The molecule has 4 nitrogen and oxygen atoms in total.